The van der Waals surface area contributed by atoms with Gasteiger partial charge >= 0.3 is 0 Å². The van der Waals surface area contributed by atoms with Crippen molar-refractivity contribution in [1.82, 2.24) is 14.8 Å². The molecule has 4 rings (SSSR count). The Labute approximate surface area is 178 Å². The quantitative estimate of drug-likeness (QED) is 0.721. The maximum absolute atomic E-state index is 12.6. The van der Waals surface area contributed by atoms with Gasteiger partial charge in [0.1, 0.15) is 5.82 Å². The molecule has 0 unspecified atom stereocenters. The van der Waals surface area contributed by atoms with E-state index in [4.69, 9.17) is 11.6 Å². The Morgan fingerprint density at radius 1 is 1.10 bits per heavy atom. The zero-order chi connectivity index (χ0) is 20.1. The van der Waals surface area contributed by atoms with Gasteiger partial charge in [-0.1, -0.05) is 35.9 Å². The SMILES string of the molecule is O=C(c1cnc(NCCCN2CCc3ccccc3C2)c(Cl)c1)N1CCCCC1. The van der Waals surface area contributed by atoms with Crippen LogP contribution in [0.5, 0.6) is 0 Å². The Bertz CT molecular complexity index is 851. The molecule has 6 heteroatoms. The van der Waals surface area contributed by atoms with Gasteiger partial charge in [-0.05, 0) is 49.3 Å². The third-order valence-electron chi connectivity index (χ3n) is 5.88. The summed E-state index contributed by atoms with van der Waals surface area (Å²) in [7, 11) is 0. The van der Waals surface area contributed by atoms with Crippen LogP contribution in [-0.2, 0) is 13.0 Å². The number of pyridine rings is 1. The average Bonchev–Trinajstić information content (AvgIpc) is 2.77. The molecule has 154 valence electrons. The molecule has 0 atom stereocenters. The fraction of sp³-hybridized carbons (Fsp3) is 0.478. The van der Waals surface area contributed by atoms with Crippen molar-refractivity contribution < 1.29 is 4.79 Å². The molecule has 2 aliphatic rings. The van der Waals surface area contributed by atoms with Crippen molar-refractivity contribution in [2.24, 2.45) is 0 Å². The molecule has 1 aromatic heterocycles. The maximum atomic E-state index is 12.6. The van der Waals surface area contributed by atoms with Crippen LogP contribution in [0.2, 0.25) is 5.02 Å². The lowest BCUT2D eigenvalue weighted by Crippen LogP contribution is -2.35. The van der Waals surface area contributed by atoms with Gasteiger partial charge in [-0.3, -0.25) is 9.69 Å². The maximum Gasteiger partial charge on any atom is 0.255 e. The highest BCUT2D eigenvalue weighted by molar-refractivity contribution is 6.33. The fourth-order valence-corrected chi connectivity index (χ4v) is 4.45. The Kier molecular flexibility index (Phi) is 6.67. The molecule has 1 aromatic carbocycles. The number of aromatic nitrogens is 1. The van der Waals surface area contributed by atoms with Gasteiger partial charge in [0.05, 0.1) is 10.6 Å². The predicted octanol–water partition coefficient (Wildman–Crippen LogP) is 4.22. The van der Waals surface area contributed by atoms with Crippen LogP contribution >= 0.6 is 11.6 Å². The first-order valence-electron chi connectivity index (χ1n) is 10.7. The molecule has 29 heavy (non-hydrogen) atoms. The summed E-state index contributed by atoms with van der Waals surface area (Å²) in [5, 5.41) is 3.84. The molecular weight excluding hydrogens is 384 g/mol. The van der Waals surface area contributed by atoms with E-state index in [1.165, 1.54) is 17.5 Å². The minimum Gasteiger partial charge on any atom is -0.369 e. The molecule has 3 heterocycles. The number of nitrogens with zero attached hydrogens (tertiary/aromatic N) is 3. The smallest absolute Gasteiger partial charge is 0.255 e. The van der Waals surface area contributed by atoms with Crippen molar-refractivity contribution in [3.8, 4) is 0 Å². The Balaban J connectivity index is 1.24. The Morgan fingerprint density at radius 2 is 1.90 bits per heavy atom. The molecule has 0 saturated carbocycles. The molecule has 5 nitrogen and oxygen atoms in total. The number of fused-ring (bicyclic) bond motifs is 1. The van der Waals surface area contributed by atoms with Crippen LogP contribution in [0.25, 0.3) is 0 Å². The number of hydrogen-bond acceptors (Lipinski definition) is 4. The van der Waals surface area contributed by atoms with Crippen LogP contribution in [0.3, 0.4) is 0 Å². The zero-order valence-electron chi connectivity index (χ0n) is 16.9. The molecule has 1 amide bonds. The van der Waals surface area contributed by atoms with Crippen molar-refractivity contribution in [2.75, 3.05) is 38.0 Å². The van der Waals surface area contributed by atoms with E-state index in [0.29, 0.717) is 16.4 Å². The van der Waals surface area contributed by atoms with Gasteiger partial charge in [0, 0.05) is 45.5 Å². The standard InChI is InChI=1S/C23H29ClN4O/c24-21-15-20(23(29)28-12-4-1-5-13-28)16-26-22(21)25-10-6-11-27-14-9-18-7-2-3-8-19(18)17-27/h2-3,7-8,15-16H,1,4-6,9-14,17H2,(H,25,26). The largest absolute Gasteiger partial charge is 0.369 e. The number of hydrogen-bond donors (Lipinski definition) is 1. The third-order valence-corrected chi connectivity index (χ3v) is 6.17. The van der Waals surface area contributed by atoms with E-state index in [2.05, 4.69) is 39.5 Å². The first-order chi connectivity index (χ1) is 14.2. The van der Waals surface area contributed by atoms with E-state index in [-0.39, 0.29) is 5.91 Å². The lowest BCUT2D eigenvalue weighted by molar-refractivity contribution is 0.0724. The van der Waals surface area contributed by atoms with Gasteiger partial charge in [-0.15, -0.1) is 0 Å². The van der Waals surface area contributed by atoms with Crippen molar-refractivity contribution in [3.63, 3.8) is 0 Å². The molecule has 2 aliphatic heterocycles. The lowest BCUT2D eigenvalue weighted by Gasteiger charge is -2.28. The van der Waals surface area contributed by atoms with E-state index in [1.807, 2.05) is 4.90 Å². The van der Waals surface area contributed by atoms with Crippen molar-refractivity contribution in [1.29, 1.82) is 0 Å². The summed E-state index contributed by atoms with van der Waals surface area (Å²) < 4.78 is 0. The topological polar surface area (TPSA) is 48.5 Å². The zero-order valence-corrected chi connectivity index (χ0v) is 17.6. The van der Waals surface area contributed by atoms with Gasteiger partial charge in [-0.2, -0.15) is 0 Å². The second-order valence-corrected chi connectivity index (χ2v) is 8.39. The second-order valence-electron chi connectivity index (χ2n) is 7.98. The number of piperidine rings is 1. The van der Waals surface area contributed by atoms with Crippen LogP contribution in [-0.4, -0.2) is 53.4 Å². The number of benzene rings is 1. The summed E-state index contributed by atoms with van der Waals surface area (Å²) in [5.74, 6) is 0.696. The minimum atomic E-state index is 0.0380. The van der Waals surface area contributed by atoms with Crippen molar-refractivity contribution in [3.05, 3.63) is 58.2 Å². The second kappa shape index (κ2) is 9.59. The summed E-state index contributed by atoms with van der Waals surface area (Å²) in [4.78, 5) is 21.4. The van der Waals surface area contributed by atoms with E-state index < -0.39 is 0 Å². The van der Waals surface area contributed by atoms with Crippen LogP contribution in [0.1, 0.15) is 47.2 Å². The summed E-state index contributed by atoms with van der Waals surface area (Å²) in [6, 6.07) is 10.5. The number of carbonyl (C=O) groups is 1. The van der Waals surface area contributed by atoms with E-state index in [1.54, 1.807) is 12.3 Å². The van der Waals surface area contributed by atoms with Gasteiger partial charge in [0.25, 0.3) is 5.91 Å². The molecule has 0 bridgehead atoms. The molecule has 1 fully saturated rings. The number of amides is 1. The predicted molar refractivity (Wildman–Crippen MR) is 118 cm³/mol. The summed E-state index contributed by atoms with van der Waals surface area (Å²) in [6.45, 7) is 5.66. The van der Waals surface area contributed by atoms with E-state index in [0.717, 1.165) is 65.0 Å². The first kappa shape index (κ1) is 20.2. The molecule has 0 aliphatic carbocycles. The fourth-order valence-electron chi connectivity index (χ4n) is 4.22. The number of halogens is 1. The van der Waals surface area contributed by atoms with Crippen LogP contribution < -0.4 is 5.32 Å². The summed E-state index contributed by atoms with van der Waals surface area (Å²) >= 11 is 6.39. The van der Waals surface area contributed by atoms with Gasteiger partial charge in [0.2, 0.25) is 0 Å². The number of nitrogens with one attached hydrogen (secondary N) is 1. The number of likely N-dealkylation sites (tertiary alicyclic amines) is 1. The number of carbonyl (C=O) groups excluding carboxylic acids is 1. The van der Waals surface area contributed by atoms with Crippen LogP contribution in [0, 0.1) is 0 Å². The molecule has 1 saturated heterocycles. The van der Waals surface area contributed by atoms with E-state index >= 15 is 0 Å². The Morgan fingerprint density at radius 3 is 2.69 bits per heavy atom. The average molecular weight is 413 g/mol. The highest BCUT2D eigenvalue weighted by atomic mass is 35.5. The van der Waals surface area contributed by atoms with Gasteiger partial charge < -0.3 is 10.2 Å². The molecule has 2 aromatic rings. The number of rotatable bonds is 6. The van der Waals surface area contributed by atoms with E-state index in [9.17, 15) is 4.79 Å². The van der Waals surface area contributed by atoms with Crippen molar-refractivity contribution >= 4 is 23.3 Å². The molecule has 0 radical (unpaired) electrons. The molecule has 0 spiro atoms. The summed E-state index contributed by atoms with van der Waals surface area (Å²) in [6.07, 6.45) is 7.16. The normalized spacial score (nSPS) is 17.1. The monoisotopic (exact) mass is 412 g/mol. The first-order valence-corrected chi connectivity index (χ1v) is 11.1. The van der Waals surface area contributed by atoms with Crippen LogP contribution in [0.15, 0.2) is 36.5 Å². The van der Waals surface area contributed by atoms with Crippen LogP contribution in [0.4, 0.5) is 5.82 Å². The molecule has 1 N–H and O–H groups in total. The highest BCUT2D eigenvalue weighted by Gasteiger charge is 2.19. The van der Waals surface area contributed by atoms with Crippen molar-refractivity contribution in [2.45, 2.75) is 38.6 Å². The number of anilines is 1. The van der Waals surface area contributed by atoms with Gasteiger partial charge in [-0.25, -0.2) is 4.98 Å². The Hall–Kier alpha value is -2.11. The summed E-state index contributed by atoms with van der Waals surface area (Å²) in [5.41, 5.74) is 3.51. The lowest BCUT2D eigenvalue weighted by atomic mass is 10.00. The van der Waals surface area contributed by atoms with Gasteiger partial charge in [0.15, 0.2) is 0 Å². The highest BCUT2D eigenvalue weighted by Crippen LogP contribution is 2.22. The third kappa shape index (κ3) is 5.09. The minimum absolute atomic E-state index is 0.0380. The molecular formula is C23H29ClN4O.